The summed E-state index contributed by atoms with van der Waals surface area (Å²) in [6, 6.07) is 10.1. The molecule has 0 aliphatic heterocycles. The van der Waals surface area contributed by atoms with Crippen LogP contribution in [0.2, 0.25) is 10.0 Å². The SMILES string of the molecule is CS(=O)(=O)N(CC(=O)Nc1cccc(Cl)c1Cl)Cc1ccc(F)cc1. The fourth-order valence-corrected chi connectivity index (χ4v) is 3.12. The highest BCUT2D eigenvalue weighted by Crippen LogP contribution is 2.29. The van der Waals surface area contributed by atoms with Crippen LogP contribution in [0, 0.1) is 5.82 Å². The van der Waals surface area contributed by atoms with Gasteiger partial charge >= 0.3 is 0 Å². The second-order valence-electron chi connectivity index (χ2n) is 5.31. The zero-order valence-electron chi connectivity index (χ0n) is 13.2. The minimum absolute atomic E-state index is 0.0597. The molecule has 0 radical (unpaired) electrons. The normalized spacial score (nSPS) is 11.6. The zero-order valence-corrected chi connectivity index (χ0v) is 15.5. The molecule has 1 N–H and O–H groups in total. The van der Waals surface area contributed by atoms with E-state index in [-0.39, 0.29) is 22.3 Å². The average molecular weight is 405 g/mol. The molecule has 0 spiro atoms. The van der Waals surface area contributed by atoms with Gasteiger partial charge in [0.2, 0.25) is 15.9 Å². The predicted octanol–water partition coefficient (Wildman–Crippen LogP) is 3.53. The number of benzene rings is 2. The van der Waals surface area contributed by atoms with E-state index in [1.54, 1.807) is 18.2 Å². The van der Waals surface area contributed by atoms with Gasteiger partial charge in [-0.15, -0.1) is 0 Å². The van der Waals surface area contributed by atoms with Gasteiger partial charge in [-0.3, -0.25) is 4.79 Å². The molecule has 0 bridgehead atoms. The van der Waals surface area contributed by atoms with Gasteiger partial charge in [0.05, 0.1) is 28.5 Å². The Morgan fingerprint density at radius 2 is 1.80 bits per heavy atom. The lowest BCUT2D eigenvalue weighted by Crippen LogP contribution is -2.36. The van der Waals surface area contributed by atoms with E-state index in [1.807, 2.05) is 0 Å². The molecule has 0 unspecified atom stereocenters. The summed E-state index contributed by atoms with van der Waals surface area (Å²) >= 11 is 11.9. The Bertz CT molecular complexity index is 873. The Hall–Kier alpha value is -1.67. The van der Waals surface area contributed by atoms with E-state index in [9.17, 15) is 17.6 Å². The molecule has 5 nitrogen and oxygen atoms in total. The molecule has 9 heteroatoms. The Labute approximate surface area is 155 Å². The molecule has 0 fully saturated rings. The maximum Gasteiger partial charge on any atom is 0.239 e. The predicted molar refractivity (Wildman–Crippen MR) is 96.7 cm³/mol. The van der Waals surface area contributed by atoms with E-state index < -0.39 is 28.3 Å². The van der Waals surface area contributed by atoms with E-state index >= 15 is 0 Å². The highest BCUT2D eigenvalue weighted by Gasteiger charge is 2.21. The second kappa shape index (κ2) is 8.14. The Morgan fingerprint density at radius 3 is 2.40 bits per heavy atom. The van der Waals surface area contributed by atoms with Gasteiger partial charge < -0.3 is 5.32 Å². The van der Waals surface area contributed by atoms with Crippen LogP contribution >= 0.6 is 23.2 Å². The minimum Gasteiger partial charge on any atom is -0.324 e. The van der Waals surface area contributed by atoms with Gasteiger partial charge in [0.15, 0.2) is 0 Å². The molecule has 0 saturated carbocycles. The molecule has 0 aliphatic carbocycles. The van der Waals surface area contributed by atoms with Crippen molar-refractivity contribution in [3.63, 3.8) is 0 Å². The quantitative estimate of drug-likeness (QED) is 0.800. The maximum absolute atomic E-state index is 13.0. The maximum atomic E-state index is 13.0. The fourth-order valence-electron chi connectivity index (χ4n) is 2.03. The number of sulfonamides is 1. The smallest absolute Gasteiger partial charge is 0.239 e. The lowest BCUT2D eigenvalue weighted by molar-refractivity contribution is -0.116. The van der Waals surface area contributed by atoms with Crippen molar-refractivity contribution in [1.29, 1.82) is 0 Å². The molecule has 0 aliphatic rings. The molecular weight excluding hydrogens is 390 g/mol. The van der Waals surface area contributed by atoms with Crippen LogP contribution in [0.4, 0.5) is 10.1 Å². The molecule has 2 rings (SSSR count). The first-order chi connectivity index (χ1) is 11.7. The van der Waals surface area contributed by atoms with Crippen LogP contribution in [0.25, 0.3) is 0 Å². The summed E-state index contributed by atoms with van der Waals surface area (Å²) in [6.07, 6.45) is 0.996. The van der Waals surface area contributed by atoms with E-state index in [1.165, 1.54) is 24.3 Å². The number of rotatable bonds is 6. The Balaban J connectivity index is 2.12. The van der Waals surface area contributed by atoms with Crippen LogP contribution in [-0.2, 0) is 21.4 Å². The van der Waals surface area contributed by atoms with E-state index in [4.69, 9.17) is 23.2 Å². The van der Waals surface area contributed by atoms with Crippen molar-refractivity contribution in [3.05, 3.63) is 63.9 Å². The monoisotopic (exact) mass is 404 g/mol. The summed E-state index contributed by atoms with van der Waals surface area (Å²) < 4.78 is 37.8. The number of halogens is 3. The number of carbonyl (C=O) groups is 1. The molecule has 0 heterocycles. The van der Waals surface area contributed by atoms with Crippen molar-refractivity contribution >= 4 is 44.8 Å². The van der Waals surface area contributed by atoms with Crippen LogP contribution in [0.3, 0.4) is 0 Å². The summed E-state index contributed by atoms with van der Waals surface area (Å²) in [5.74, 6) is -1.00. The number of nitrogens with zero attached hydrogens (tertiary/aromatic N) is 1. The highest BCUT2D eigenvalue weighted by molar-refractivity contribution is 7.88. The summed E-state index contributed by atoms with van der Waals surface area (Å²) in [7, 11) is -3.66. The number of anilines is 1. The second-order valence-corrected chi connectivity index (χ2v) is 8.07. The summed E-state index contributed by atoms with van der Waals surface area (Å²) in [4.78, 5) is 12.2. The third-order valence-electron chi connectivity index (χ3n) is 3.29. The molecule has 25 heavy (non-hydrogen) atoms. The van der Waals surface area contributed by atoms with Gasteiger partial charge in [-0.1, -0.05) is 41.4 Å². The fraction of sp³-hybridized carbons (Fsp3) is 0.188. The minimum atomic E-state index is -3.66. The standard InChI is InChI=1S/C16H15Cl2FN2O3S/c1-25(23,24)21(9-11-5-7-12(19)8-6-11)10-15(22)20-14-4-2-3-13(17)16(14)18/h2-8H,9-10H2,1H3,(H,20,22). The number of hydrogen-bond acceptors (Lipinski definition) is 3. The van der Waals surface area contributed by atoms with E-state index in [0.717, 1.165) is 10.6 Å². The topological polar surface area (TPSA) is 66.5 Å². The number of carbonyl (C=O) groups excluding carboxylic acids is 1. The summed E-state index contributed by atoms with van der Waals surface area (Å²) in [6.45, 7) is -0.477. The number of hydrogen-bond donors (Lipinski definition) is 1. The van der Waals surface area contributed by atoms with Crippen molar-refractivity contribution in [3.8, 4) is 0 Å². The average Bonchev–Trinajstić information content (AvgIpc) is 2.52. The molecule has 134 valence electrons. The molecule has 2 aromatic rings. The van der Waals surface area contributed by atoms with Crippen molar-refractivity contribution < 1.29 is 17.6 Å². The zero-order chi connectivity index (χ0) is 18.6. The molecule has 0 aromatic heterocycles. The highest BCUT2D eigenvalue weighted by atomic mass is 35.5. The number of nitrogens with one attached hydrogen (secondary N) is 1. The van der Waals surface area contributed by atoms with Crippen LogP contribution in [0.15, 0.2) is 42.5 Å². The third-order valence-corrected chi connectivity index (χ3v) is 5.30. The first-order valence-electron chi connectivity index (χ1n) is 7.10. The van der Waals surface area contributed by atoms with E-state index in [2.05, 4.69) is 5.32 Å². The van der Waals surface area contributed by atoms with Crippen LogP contribution < -0.4 is 5.32 Å². The number of amides is 1. The van der Waals surface area contributed by atoms with Gasteiger partial charge in [-0.2, -0.15) is 4.31 Å². The van der Waals surface area contributed by atoms with Gasteiger partial charge in [-0.25, -0.2) is 12.8 Å². The summed E-state index contributed by atoms with van der Waals surface area (Å²) in [5.41, 5.74) is 0.842. The van der Waals surface area contributed by atoms with Crippen LogP contribution in [-0.4, -0.2) is 31.4 Å². The van der Waals surface area contributed by atoms with Crippen molar-refractivity contribution in [2.75, 3.05) is 18.1 Å². The van der Waals surface area contributed by atoms with Gasteiger partial charge in [-0.05, 0) is 29.8 Å². The first kappa shape index (κ1) is 19.7. The van der Waals surface area contributed by atoms with Crippen molar-refractivity contribution in [1.82, 2.24) is 4.31 Å². The molecule has 1 amide bonds. The van der Waals surface area contributed by atoms with Crippen LogP contribution in [0.5, 0.6) is 0 Å². The van der Waals surface area contributed by atoms with Gasteiger partial charge in [0.1, 0.15) is 5.82 Å². The Morgan fingerprint density at radius 1 is 1.16 bits per heavy atom. The lowest BCUT2D eigenvalue weighted by atomic mass is 10.2. The third kappa shape index (κ3) is 5.67. The van der Waals surface area contributed by atoms with Crippen LogP contribution in [0.1, 0.15) is 5.56 Å². The van der Waals surface area contributed by atoms with Crippen molar-refractivity contribution in [2.24, 2.45) is 0 Å². The molecule has 0 atom stereocenters. The van der Waals surface area contributed by atoms with Gasteiger partial charge in [0.25, 0.3) is 0 Å². The largest absolute Gasteiger partial charge is 0.324 e. The lowest BCUT2D eigenvalue weighted by Gasteiger charge is -2.20. The first-order valence-corrected chi connectivity index (χ1v) is 9.70. The van der Waals surface area contributed by atoms with Gasteiger partial charge in [0, 0.05) is 6.54 Å². The molecule has 0 saturated heterocycles. The molecular formula is C16H15Cl2FN2O3S. The van der Waals surface area contributed by atoms with E-state index in [0.29, 0.717) is 5.56 Å². The Kier molecular flexibility index (Phi) is 6.40. The van der Waals surface area contributed by atoms with Crippen molar-refractivity contribution in [2.45, 2.75) is 6.54 Å². The summed E-state index contributed by atoms with van der Waals surface area (Å²) in [5, 5.41) is 2.96. The molecule has 2 aromatic carbocycles.